The minimum Gasteiger partial charge on any atom is -0.325 e. The summed E-state index contributed by atoms with van der Waals surface area (Å²) in [6.45, 7) is 3.93. The second-order valence-corrected chi connectivity index (χ2v) is 7.77. The average molecular weight is 421 g/mol. The molecule has 1 heterocycles. The molecular formula is C20H18F3N3O2S. The van der Waals surface area contributed by atoms with E-state index < -0.39 is 28.8 Å². The second kappa shape index (κ2) is 8.28. The summed E-state index contributed by atoms with van der Waals surface area (Å²) in [5, 5.41) is 4.44. The molecule has 0 radical (unpaired) electrons. The number of carbonyl (C=O) groups is 2. The molecule has 1 atom stereocenters. The van der Waals surface area contributed by atoms with Gasteiger partial charge in [0.15, 0.2) is 5.17 Å². The van der Waals surface area contributed by atoms with Crippen LogP contribution in [0.1, 0.15) is 23.1 Å². The Morgan fingerprint density at radius 1 is 1.17 bits per heavy atom. The minimum atomic E-state index is -4.59. The average Bonchev–Trinajstić information content (AvgIpc) is 2.96. The predicted octanol–water partition coefficient (Wildman–Crippen LogP) is 4.57. The Morgan fingerprint density at radius 2 is 1.90 bits per heavy atom. The molecule has 0 saturated carbocycles. The fraction of sp³-hybridized carbons (Fsp3) is 0.250. The lowest BCUT2D eigenvalue weighted by molar-refractivity contribution is -0.137. The fourth-order valence-electron chi connectivity index (χ4n) is 2.71. The van der Waals surface area contributed by atoms with Crippen LogP contribution in [0.15, 0.2) is 47.5 Å². The van der Waals surface area contributed by atoms with Crippen LogP contribution in [0.25, 0.3) is 0 Å². The van der Waals surface area contributed by atoms with Crippen molar-refractivity contribution in [3.8, 4) is 0 Å². The van der Waals surface area contributed by atoms with E-state index in [1.165, 1.54) is 18.2 Å². The number of halogens is 3. The first-order chi connectivity index (χ1) is 13.6. The lowest BCUT2D eigenvalue weighted by Crippen LogP contribution is -2.28. The van der Waals surface area contributed by atoms with E-state index in [4.69, 9.17) is 0 Å². The highest BCUT2D eigenvalue weighted by Gasteiger charge is 2.35. The molecule has 9 heteroatoms. The number of nitrogens with zero attached hydrogens (tertiary/aromatic N) is 1. The highest BCUT2D eigenvalue weighted by molar-refractivity contribution is 8.15. The molecule has 1 fully saturated rings. The number of aryl methyl sites for hydroxylation is 2. The topological polar surface area (TPSA) is 70.6 Å². The van der Waals surface area contributed by atoms with E-state index in [0.717, 1.165) is 29.0 Å². The van der Waals surface area contributed by atoms with E-state index in [9.17, 15) is 22.8 Å². The number of nitrogens with one attached hydrogen (secondary N) is 2. The van der Waals surface area contributed by atoms with E-state index in [-0.39, 0.29) is 12.1 Å². The number of amidine groups is 1. The van der Waals surface area contributed by atoms with E-state index in [1.807, 2.05) is 32.0 Å². The van der Waals surface area contributed by atoms with Crippen LogP contribution in [-0.2, 0) is 15.8 Å². The summed E-state index contributed by atoms with van der Waals surface area (Å²) >= 11 is 1.08. The summed E-state index contributed by atoms with van der Waals surface area (Å²) in [5.74, 6) is -1.08. The first-order valence-electron chi connectivity index (χ1n) is 8.73. The Morgan fingerprint density at radius 3 is 2.59 bits per heavy atom. The number of carbonyl (C=O) groups excluding carboxylic acids is 2. The lowest BCUT2D eigenvalue weighted by Gasteiger charge is -2.14. The van der Waals surface area contributed by atoms with Gasteiger partial charge in [-0.2, -0.15) is 13.2 Å². The van der Waals surface area contributed by atoms with Crippen molar-refractivity contribution in [2.75, 3.05) is 5.32 Å². The van der Waals surface area contributed by atoms with Crippen LogP contribution < -0.4 is 10.6 Å². The van der Waals surface area contributed by atoms with Gasteiger partial charge in [0.25, 0.3) is 0 Å². The lowest BCUT2D eigenvalue weighted by atomic mass is 10.1. The number of benzene rings is 2. The molecule has 2 aromatic carbocycles. The van der Waals surface area contributed by atoms with Gasteiger partial charge in [0.2, 0.25) is 11.8 Å². The predicted molar refractivity (Wildman–Crippen MR) is 107 cm³/mol. The van der Waals surface area contributed by atoms with Crippen LogP contribution in [0.3, 0.4) is 0 Å². The van der Waals surface area contributed by atoms with Crippen LogP contribution in [0, 0.1) is 13.8 Å². The maximum absolute atomic E-state index is 13.0. The van der Waals surface area contributed by atoms with Crippen molar-refractivity contribution in [3.63, 3.8) is 0 Å². The SMILES string of the molecule is Cc1ccc(N=C2NC(=O)[C@@H](CC(=O)Nc3ccccc3C(F)(F)F)S2)cc1C. The number of anilines is 1. The fourth-order valence-corrected chi connectivity index (χ4v) is 3.70. The van der Waals surface area contributed by atoms with Crippen molar-refractivity contribution < 1.29 is 22.8 Å². The summed E-state index contributed by atoms with van der Waals surface area (Å²) in [6, 6.07) is 10.3. The van der Waals surface area contributed by atoms with Crippen molar-refractivity contribution in [2.45, 2.75) is 31.7 Å². The van der Waals surface area contributed by atoms with Gasteiger partial charge in [-0.25, -0.2) is 4.99 Å². The quantitative estimate of drug-likeness (QED) is 0.760. The maximum atomic E-state index is 13.0. The Kier molecular flexibility index (Phi) is 5.97. The molecule has 3 rings (SSSR count). The molecule has 5 nitrogen and oxygen atoms in total. The molecule has 29 heavy (non-hydrogen) atoms. The molecule has 0 bridgehead atoms. The van der Waals surface area contributed by atoms with Crippen LogP contribution in [0.2, 0.25) is 0 Å². The van der Waals surface area contributed by atoms with E-state index in [2.05, 4.69) is 15.6 Å². The molecule has 2 amide bonds. The largest absolute Gasteiger partial charge is 0.418 e. The van der Waals surface area contributed by atoms with Gasteiger partial charge < -0.3 is 10.6 Å². The second-order valence-electron chi connectivity index (χ2n) is 6.58. The third kappa shape index (κ3) is 5.17. The summed E-state index contributed by atoms with van der Waals surface area (Å²) in [6.07, 6.45) is -4.86. The van der Waals surface area contributed by atoms with Gasteiger partial charge in [-0.1, -0.05) is 30.0 Å². The number of hydrogen-bond acceptors (Lipinski definition) is 4. The first-order valence-corrected chi connectivity index (χ1v) is 9.61. The number of alkyl halides is 3. The monoisotopic (exact) mass is 421 g/mol. The standard InChI is InChI=1S/C20H18F3N3O2S/c1-11-7-8-13(9-12(11)2)24-19-26-18(28)16(29-19)10-17(27)25-15-6-4-3-5-14(15)20(21,22)23/h3-9,16H,10H2,1-2H3,(H,25,27)(H,24,26,28)/t16-/m1/s1. The number of para-hydroxylation sites is 1. The third-order valence-corrected chi connectivity index (χ3v) is 5.46. The van der Waals surface area contributed by atoms with Gasteiger partial charge in [-0.15, -0.1) is 0 Å². The Hall–Kier alpha value is -2.81. The molecule has 0 aromatic heterocycles. The molecule has 1 aliphatic heterocycles. The van der Waals surface area contributed by atoms with Crippen molar-refractivity contribution in [1.29, 1.82) is 0 Å². The van der Waals surface area contributed by atoms with Crippen molar-refractivity contribution >= 4 is 40.1 Å². The summed E-state index contributed by atoms with van der Waals surface area (Å²) in [4.78, 5) is 28.7. The molecule has 0 aliphatic carbocycles. The number of aliphatic imine (C=N–C) groups is 1. The van der Waals surface area contributed by atoms with Crippen LogP contribution in [0.5, 0.6) is 0 Å². The van der Waals surface area contributed by atoms with Crippen molar-refractivity contribution in [1.82, 2.24) is 5.32 Å². The van der Waals surface area contributed by atoms with Crippen LogP contribution in [-0.4, -0.2) is 22.2 Å². The highest BCUT2D eigenvalue weighted by Crippen LogP contribution is 2.35. The number of amides is 2. The summed E-state index contributed by atoms with van der Waals surface area (Å²) < 4.78 is 39.1. The number of rotatable bonds is 4. The number of hydrogen-bond donors (Lipinski definition) is 2. The van der Waals surface area contributed by atoms with Gasteiger partial charge in [-0.05, 0) is 49.2 Å². The molecule has 152 valence electrons. The van der Waals surface area contributed by atoms with Gasteiger partial charge in [0.1, 0.15) is 5.25 Å². The maximum Gasteiger partial charge on any atom is 0.418 e. The third-order valence-electron chi connectivity index (χ3n) is 4.37. The molecule has 2 N–H and O–H groups in total. The Balaban J connectivity index is 1.67. The van der Waals surface area contributed by atoms with E-state index in [0.29, 0.717) is 10.9 Å². The van der Waals surface area contributed by atoms with Crippen LogP contribution in [0.4, 0.5) is 24.5 Å². The number of thioether (sulfide) groups is 1. The van der Waals surface area contributed by atoms with Crippen LogP contribution >= 0.6 is 11.8 Å². The Labute approximate surface area is 169 Å². The molecular weight excluding hydrogens is 403 g/mol. The molecule has 1 saturated heterocycles. The van der Waals surface area contributed by atoms with Gasteiger partial charge in [0, 0.05) is 6.42 Å². The van der Waals surface area contributed by atoms with Gasteiger partial charge >= 0.3 is 6.18 Å². The van der Waals surface area contributed by atoms with Crippen molar-refractivity contribution in [2.24, 2.45) is 4.99 Å². The molecule has 0 unspecified atom stereocenters. The molecule has 2 aromatic rings. The summed E-state index contributed by atoms with van der Waals surface area (Å²) in [5.41, 5.74) is 1.57. The molecule has 1 aliphatic rings. The van der Waals surface area contributed by atoms with Crippen molar-refractivity contribution in [3.05, 3.63) is 59.2 Å². The Bertz CT molecular complexity index is 989. The first kappa shape index (κ1) is 20.9. The van der Waals surface area contributed by atoms with Gasteiger partial charge in [-0.3, -0.25) is 9.59 Å². The highest BCUT2D eigenvalue weighted by atomic mass is 32.2. The minimum absolute atomic E-state index is 0.269. The van der Waals surface area contributed by atoms with Gasteiger partial charge in [0.05, 0.1) is 16.9 Å². The summed E-state index contributed by atoms with van der Waals surface area (Å²) in [7, 11) is 0. The zero-order valence-electron chi connectivity index (χ0n) is 15.6. The normalized spacial score (nSPS) is 18.0. The zero-order valence-corrected chi connectivity index (χ0v) is 16.4. The molecule has 0 spiro atoms. The zero-order chi connectivity index (χ0) is 21.2. The smallest absolute Gasteiger partial charge is 0.325 e. The van der Waals surface area contributed by atoms with E-state index >= 15 is 0 Å². The van der Waals surface area contributed by atoms with E-state index in [1.54, 1.807) is 0 Å².